The van der Waals surface area contributed by atoms with Gasteiger partial charge in [-0.1, -0.05) is 28.9 Å². The highest BCUT2D eigenvalue weighted by atomic mass is 35.5. The molecule has 7 nitrogen and oxygen atoms in total. The second-order valence-electron chi connectivity index (χ2n) is 5.76. The maximum Gasteiger partial charge on any atom is 0.338 e. The average Bonchev–Trinajstić information content (AvgIpc) is 3.19. The van der Waals surface area contributed by atoms with E-state index < -0.39 is 5.97 Å². The van der Waals surface area contributed by atoms with Gasteiger partial charge in [0.1, 0.15) is 5.75 Å². The summed E-state index contributed by atoms with van der Waals surface area (Å²) in [4.78, 5) is 16.6. The van der Waals surface area contributed by atoms with Crippen molar-refractivity contribution in [1.29, 1.82) is 0 Å². The minimum absolute atomic E-state index is 0.140. The molecule has 8 heteroatoms. The monoisotopic (exact) mass is 402 g/mol. The number of halogens is 1. The fraction of sp³-hybridized carbons (Fsp3) is 0.250. The zero-order valence-corrected chi connectivity index (χ0v) is 16.2. The van der Waals surface area contributed by atoms with Crippen LogP contribution in [0.1, 0.15) is 28.7 Å². The van der Waals surface area contributed by atoms with Crippen LogP contribution in [0.2, 0.25) is 5.02 Å². The Morgan fingerprint density at radius 2 is 2.04 bits per heavy atom. The summed E-state index contributed by atoms with van der Waals surface area (Å²) in [6.07, 6.45) is 0. The molecule has 1 heterocycles. The molecule has 0 spiro atoms. The Balaban J connectivity index is 1.66. The molecule has 0 aliphatic carbocycles. The van der Waals surface area contributed by atoms with E-state index in [1.165, 1.54) is 0 Å². The number of carbonyl (C=O) groups is 1. The maximum absolute atomic E-state index is 12.4. The number of nitrogens with zero attached hydrogens (tertiary/aromatic N) is 2. The minimum Gasteiger partial charge on any atom is -0.496 e. The van der Waals surface area contributed by atoms with Gasteiger partial charge in [0, 0.05) is 22.8 Å². The van der Waals surface area contributed by atoms with Crippen molar-refractivity contribution in [3.8, 4) is 17.1 Å². The van der Waals surface area contributed by atoms with Crippen LogP contribution in [0.25, 0.3) is 11.4 Å². The summed E-state index contributed by atoms with van der Waals surface area (Å²) in [6.45, 7) is 2.66. The Kier molecular flexibility index (Phi) is 6.62. The van der Waals surface area contributed by atoms with Crippen LogP contribution in [-0.4, -0.2) is 29.8 Å². The molecule has 0 aliphatic rings. The first kappa shape index (κ1) is 19.9. The van der Waals surface area contributed by atoms with E-state index in [1.807, 2.05) is 13.0 Å². The second-order valence-corrected chi connectivity index (χ2v) is 6.20. The number of rotatable bonds is 8. The first-order valence-electron chi connectivity index (χ1n) is 8.61. The number of methoxy groups -OCH3 is 1. The molecule has 0 saturated carbocycles. The molecule has 0 bridgehead atoms. The van der Waals surface area contributed by atoms with Crippen LogP contribution in [-0.2, 0) is 22.7 Å². The third-order valence-corrected chi connectivity index (χ3v) is 4.09. The van der Waals surface area contributed by atoms with Crippen LogP contribution in [0.15, 0.2) is 47.0 Å². The predicted octanol–water partition coefficient (Wildman–Crippen LogP) is 4.29. The molecular formula is C20H19ClN2O5. The summed E-state index contributed by atoms with van der Waals surface area (Å²) < 4.78 is 21.1. The van der Waals surface area contributed by atoms with Crippen LogP contribution in [0, 0.1) is 0 Å². The predicted molar refractivity (Wildman–Crippen MR) is 102 cm³/mol. The van der Waals surface area contributed by atoms with E-state index in [4.69, 9.17) is 30.3 Å². The Bertz CT molecular complexity index is 957. The number of benzene rings is 2. The van der Waals surface area contributed by atoms with Crippen molar-refractivity contribution in [3.05, 3.63) is 64.5 Å². The first-order chi connectivity index (χ1) is 13.6. The number of ether oxygens (including phenoxy) is 3. The Morgan fingerprint density at radius 3 is 2.79 bits per heavy atom. The smallest absolute Gasteiger partial charge is 0.338 e. The standard InChI is InChI=1S/C20H19ClN2O5/c1-3-26-11-15-9-14(7-8-17(15)25-2)20(24)27-12-18-22-19(23-28-18)13-5-4-6-16(21)10-13/h4-10H,3,11-12H2,1-2H3. The molecule has 28 heavy (non-hydrogen) atoms. The highest BCUT2D eigenvalue weighted by molar-refractivity contribution is 6.30. The average molecular weight is 403 g/mol. The quantitative estimate of drug-likeness (QED) is 0.519. The van der Waals surface area contributed by atoms with E-state index in [2.05, 4.69) is 10.1 Å². The maximum atomic E-state index is 12.4. The van der Waals surface area contributed by atoms with E-state index in [-0.39, 0.29) is 12.5 Å². The van der Waals surface area contributed by atoms with Crippen LogP contribution >= 0.6 is 11.6 Å². The van der Waals surface area contributed by atoms with Gasteiger partial charge in [0.25, 0.3) is 5.89 Å². The lowest BCUT2D eigenvalue weighted by molar-refractivity contribution is 0.0429. The lowest BCUT2D eigenvalue weighted by Gasteiger charge is -2.10. The van der Waals surface area contributed by atoms with Crippen molar-refractivity contribution >= 4 is 17.6 Å². The molecule has 1 aromatic heterocycles. The summed E-state index contributed by atoms with van der Waals surface area (Å²) in [6, 6.07) is 12.1. The van der Waals surface area contributed by atoms with Gasteiger partial charge in [0.2, 0.25) is 5.82 Å². The van der Waals surface area contributed by atoms with Gasteiger partial charge in [-0.15, -0.1) is 0 Å². The zero-order valence-electron chi connectivity index (χ0n) is 15.5. The Labute approximate surface area is 167 Å². The van der Waals surface area contributed by atoms with Crippen LogP contribution in [0.5, 0.6) is 5.75 Å². The van der Waals surface area contributed by atoms with Gasteiger partial charge < -0.3 is 18.7 Å². The molecule has 0 atom stereocenters. The summed E-state index contributed by atoms with van der Waals surface area (Å²) in [5, 5.41) is 4.45. The SMILES string of the molecule is CCOCc1cc(C(=O)OCc2nc(-c3cccc(Cl)c3)no2)ccc1OC. The van der Waals surface area contributed by atoms with Crippen LogP contribution < -0.4 is 4.74 Å². The Hall–Kier alpha value is -2.90. The highest BCUT2D eigenvalue weighted by Crippen LogP contribution is 2.22. The molecule has 3 rings (SSSR count). The van der Waals surface area contributed by atoms with Gasteiger partial charge in [-0.05, 0) is 37.3 Å². The van der Waals surface area contributed by atoms with Gasteiger partial charge in [-0.3, -0.25) is 0 Å². The summed E-state index contributed by atoms with van der Waals surface area (Å²) in [5.41, 5.74) is 1.86. The van der Waals surface area contributed by atoms with Crippen molar-refractivity contribution in [2.75, 3.05) is 13.7 Å². The second kappa shape index (κ2) is 9.34. The summed E-state index contributed by atoms with van der Waals surface area (Å²) >= 11 is 5.96. The fourth-order valence-corrected chi connectivity index (χ4v) is 2.69. The Morgan fingerprint density at radius 1 is 1.18 bits per heavy atom. The number of esters is 1. The molecule has 2 aromatic carbocycles. The lowest BCUT2D eigenvalue weighted by atomic mass is 10.1. The van der Waals surface area contributed by atoms with Gasteiger partial charge in [-0.2, -0.15) is 4.98 Å². The largest absolute Gasteiger partial charge is 0.496 e. The van der Waals surface area contributed by atoms with Crippen molar-refractivity contribution in [1.82, 2.24) is 10.1 Å². The third-order valence-electron chi connectivity index (χ3n) is 3.86. The first-order valence-corrected chi connectivity index (χ1v) is 8.98. The molecule has 0 amide bonds. The van der Waals surface area contributed by atoms with Crippen LogP contribution in [0.3, 0.4) is 0 Å². The normalized spacial score (nSPS) is 10.7. The molecule has 0 aliphatic heterocycles. The molecule has 146 valence electrons. The minimum atomic E-state index is -0.511. The lowest BCUT2D eigenvalue weighted by Crippen LogP contribution is -2.07. The van der Waals surface area contributed by atoms with E-state index in [1.54, 1.807) is 43.5 Å². The summed E-state index contributed by atoms with van der Waals surface area (Å²) in [7, 11) is 1.57. The summed E-state index contributed by atoms with van der Waals surface area (Å²) in [5.74, 6) is 0.694. The van der Waals surface area contributed by atoms with Gasteiger partial charge in [0.15, 0.2) is 6.61 Å². The van der Waals surface area contributed by atoms with Crippen molar-refractivity contribution < 1.29 is 23.5 Å². The third kappa shape index (κ3) is 4.88. The van der Waals surface area contributed by atoms with E-state index >= 15 is 0 Å². The number of carbonyl (C=O) groups excluding carboxylic acids is 1. The van der Waals surface area contributed by atoms with E-state index in [0.717, 1.165) is 5.56 Å². The molecule has 3 aromatic rings. The topological polar surface area (TPSA) is 83.7 Å². The van der Waals surface area contributed by atoms with Crippen molar-refractivity contribution in [2.45, 2.75) is 20.1 Å². The van der Waals surface area contributed by atoms with Gasteiger partial charge in [0.05, 0.1) is 19.3 Å². The zero-order chi connectivity index (χ0) is 19.9. The van der Waals surface area contributed by atoms with E-state index in [9.17, 15) is 4.79 Å². The number of hydrogen-bond acceptors (Lipinski definition) is 7. The van der Waals surface area contributed by atoms with E-state index in [0.29, 0.717) is 40.9 Å². The van der Waals surface area contributed by atoms with Gasteiger partial charge in [-0.25, -0.2) is 4.79 Å². The highest BCUT2D eigenvalue weighted by Gasteiger charge is 2.15. The molecular weight excluding hydrogens is 384 g/mol. The van der Waals surface area contributed by atoms with Gasteiger partial charge >= 0.3 is 5.97 Å². The van der Waals surface area contributed by atoms with Crippen LogP contribution in [0.4, 0.5) is 0 Å². The number of aromatic nitrogens is 2. The fourth-order valence-electron chi connectivity index (χ4n) is 2.50. The molecule has 0 saturated heterocycles. The molecule has 0 N–H and O–H groups in total. The molecule has 0 unspecified atom stereocenters. The van der Waals surface area contributed by atoms with Crippen molar-refractivity contribution in [3.63, 3.8) is 0 Å². The molecule has 0 fully saturated rings. The molecule has 0 radical (unpaired) electrons. The number of hydrogen-bond donors (Lipinski definition) is 0. The van der Waals surface area contributed by atoms with Crippen molar-refractivity contribution in [2.24, 2.45) is 0 Å².